The number of thiophene rings is 2. The molecule has 2 aliphatic carbocycles. The molecule has 8 rings (SSSR count). The molecule has 4 aromatic carbocycles. The van der Waals surface area contributed by atoms with Crippen molar-refractivity contribution in [1.82, 2.24) is 0 Å². The summed E-state index contributed by atoms with van der Waals surface area (Å²) >= 11 is 3.60. The van der Waals surface area contributed by atoms with Gasteiger partial charge in [0.2, 0.25) is 0 Å². The molecular formula is C49H42O2S2. The minimum absolute atomic E-state index is 0.0665. The number of allylic oxidation sites excluding steroid dienone is 10. The molecule has 0 radical (unpaired) electrons. The van der Waals surface area contributed by atoms with E-state index < -0.39 is 0 Å². The van der Waals surface area contributed by atoms with Crippen molar-refractivity contribution in [3.63, 3.8) is 0 Å². The molecule has 0 saturated heterocycles. The molecule has 2 aliphatic rings. The number of hydrogen-bond acceptors (Lipinski definition) is 4. The average molecular weight is 727 g/mol. The second kappa shape index (κ2) is 13.4. The topological polar surface area (TPSA) is 34.1 Å². The van der Waals surface area contributed by atoms with Crippen LogP contribution in [0.4, 0.5) is 0 Å². The number of hydrogen-bond donors (Lipinski definition) is 0. The molecule has 53 heavy (non-hydrogen) atoms. The fourth-order valence-corrected chi connectivity index (χ4v) is 9.98. The SMILES string of the molecule is CC(C)(C)C1=C/C(=C(/c2cc3ccccc3s2)c2ccc(/C(=C3/C=CC(C=O)C(C(C)(C)C)=C3)c3cc4ccccc4s3)c3ccccc23)C=CC1=O. The fourth-order valence-electron chi connectivity index (χ4n) is 7.69. The smallest absolute Gasteiger partial charge is 0.182 e. The van der Waals surface area contributed by atoms with Gasteiger partial charge in [0.15, 0.2) is 5.78 Å². The molecular weight excluding hydrogens is 685 g/mol. The van der Waals surface area contributed by atoms with Crippen molar-refractivity contribution in [3.8, 4) is 0 Å². The zero-order valence-corrected chi connectivity index (χ0v) is 32.6. The zero-order chi connectivity index (χ0) is 37.1. The average Bonchev–Trinajstić information content (AvgIpc) is 3.77. The Hall–Kier alpha value is -5.16. The van der Waals surface area contributed by atoms with Crippen LogP contribution in [0.15, 0.2) is 156 Å². The second-order valence-corrected chi connectivity index (χ2v) is 18.2. The molecule has 0 aliphatic heterocycles. The normalized spacial score (nSPS) is 18.5. The van der Waals surface area contributed by atoms with Gasteiger partial charge in [-0.05, 0) is 91.1 Å². The van der Waals surface area contributed by atoms with Crippen molar-refractivity contribution in [2.45, 2.75) is 41.5 Å². The Morgan fingerprint density at radius 2 is 1.11 bits per heavy atom. The molecule has 2 aromatic heterocycles. The Kier molecular flexibility index (Phi) is 8.80. The van der Waals surface area contributed by atoms with Crippen LogP contribution in [0.5, 0.6) is 0 Å². The van der Waals surface area contributed by atoms with E-state index in [0.29, 0.717) is 0 Å². The Morgan fingerprint density at radius 1 is 0.604 bits per heavy atom. The number of benzene rings is 4. The third kappa shape index (κ3) is 6.45. The van der Waals surface area contributed by atoms with Gasteiger partial charge in [0.1, 0.15) is 6.29 Å². The van der Waals surface area contributed by atoms with Crippen molar-refractivity contribution in [1.29, 1.82) is 0 Å². The lowest BCUT2D eigenvalue weighted by molar-refractivity contribution is -0.112. The number of carbonyl (C=O) groups excluding carboxylic acids is 2. The first-order valence-corrected chi connectivity index (χ1v) is 19.8. The van der Waals surface area contributed by atoms with Crippen LogP contribution in [0.3, 0.4) is 0 Å². The van der Waals surface area contributed by atoms with Crippen molar-refractivity contribution < 1.29 is 9.59 Å². The van der Waals surface area contributed by atoms with Crippen LogP contribution in [0, 0.1) is 16.7 Å². The molecule has 0 spiro atoms. The quantitative estimate of drug-likeness (QED) is 0.166. The van der Waals surface area contributed by atoms with Gasteiger partial charge in [-0.2, -0.15) is 0 Å². The maximum Gasteiger partial charge on any atom is 0.182 e. The summed E-state index contributed by atoms with van der Waals surface area (Å²) in [5.41, 5.74) is 8.13. The first kappa shape index (κ1) is 34.9. The molecule has 6 aromatic rings. The monoisotopic (exact) mass is 726 g/mol. The van der Waals surface area contributed by atoms with E-state index in [0.717, 1.165) is 61.6 Å². The van der Waals surface area contributed by atoms with E-state index in [1.54, 1.807) is 28.7 Å². The highest BCUT2D eigenvalue weighted by Crippen LogP contribution is 2.46. The van der Waals surface area contributed by atoms with Crippen LogP contribution in [0.2, 0.25) is 0 Å². The van der Waals surface area contributed by atoms with E-state index in [2.05, 4.69) is 163 Å². The van der Waals surface area contributed by atoms with Gasteiger partial charge in [0.25, 0.3) is 0 Å². The standard InChI is InChI=1S/C49H42O2S2/c1-48(2,3)39-25-32(19-20-34(39)29-50)46(44-27-30-13-7-11-17-42(30)52-44)37-22-23-38(36-16-10-9-15-35(36)37)47(45-28-31-14-8-12-18-43(31)53-45)33-21-24-41(51)40(26-33)49(4,5)6/h7-29,34H,1-6H3/b46-32+,47-33+. The van der Waals surface area contributed by atoms with Gasteiger partial charge in [-0.15, -0.1) is 22.7 Å². The zero-order valence-electron chi connectivity index (χ0n) is 31.0. The predicted molar refractivity (Wildman–Crippen MR) is 228 cm³/mol. The molecule has 0 amide bonds. The van der Waals surface area contributed by atoms with Crippen LogP contribution in [-0.2, 0) is 9.59 Å². The van der Waals surface area contributed by atoms with E-state index >= 15 is 0 Å². The fraction of sp³-hybridized carbons (Fsp3) is 0.184. The van der Waals surface area contributed by atoms with Crippen LogP contribution < -0.4 is 0 Å². The largest absolute Gasteiger partial charge is 0.302 e. The Bertz CT molecular complexity index is 2600. The minimum atomic E-state index is -0.300. The second-order valence-electron chi connectivity index (χ2n) is 16.0. The number of ketones is 1. The van der Waals surface area contributed by atoms with Gasteiger partial charge >= 0.3 is 0 Å². The highest BCUT2D eigenvalue weighted by Gasteiger charge is 2.29. The summed E-state index contributed by atoms with van der Waals surface area (Å²) in [4.78, 5) is 27.9. The first-order chi connectivity index (χ1) is 25.4. The number of aldehydes is 1. The maximum atomic E-state index is 13.2. The summed E-state index contributed by atoms with van der Waals surface area (Å²) in [5, 5.41) is 4.72. The first-order valence-electron chi connectivity index (χ1n) is 18.2. The molecule has 262 valence electrons. The third-order valence-corrected chi connectivity index (χ3v) is 12.6. The lowest BCUT2D eigenvalue weighted by Gasteiger charge is -2.29. The van der Waals surface area contributed by atoms with Crippen molar-refractivity contribution in [2.24, 2.45) is 16.7 Å². The third-order valence-electron chi connectivity index (χ3n) is 10.3. The number of fused-ring (bicyclic) bond motifs is 3. The molecule has 0 N–H and O–H groups in total. The molecule has 0 fully saturated rings. The Morgan fingerprint density at radius 3 is 1.60 bits per heavy atom. The van der Waals surface area contributed by atoms with E-state index in [9.17, 15) is 9.59 Å². The van der Waals surface area contributed by atoms with Gasteiger partial charge < -0.3 is 4.79 Å². The molecule has 2 heterocycles. The molecule has 2 nitrogen and oxygen atoms in total. The summed E-state index contributed by atoms with van der Waals surface area (Å²) in [6.07, 6.45) is 13.4. The van der Waals surface area contributed by atoms with Crippen molar-refractivity contribution in [2.75, 3.05) is 0 Å². The predicted octanol–water partition coefficient (Wildman–Crippen LogP) is 13.3. The highest BCUT2D eigenvalue weighted by molar-refractivity contribution is 7.20. The maximum absolute atomic E-state index is 13.2. The van der Waals surface area contributed by atoms with Crippen molar-refractivity contribution >= 4 is 76.8 Å². The number of rotatable bonds is 5. The summed E-state index contributed by atoms with van der Waals surface area (Å²) in [5.74, 6) is -0.185. The molecule has 0 saturated carbocycles. The van der Waals surface area contributed by atoms with Crippen LogP contribution in [0.1, 0.15) is 62.4 Å². The Balaban J connectivity index is 1.44. The van der Waals surface area contributed by atoms with E-state index in [1.807, 2.05) is 6.08 Å². The highest BCUT2D eigenvalue weighted by atomic mass is 32.1. The van der Waals surface area contributed by atoms with Gasteiger partial charge in [-0.3, -0.25) is 4.79 Å². The molecule has 4 heteroatoms. The van der Waals surface area contributed by atoms with Crippen LogP contribution in [-0.4, -0.2) is 12.1 Å². The summed E-state index contributed by atoms with van der Waals surface area (Å²) in [7, 11) is 0. The lowest BCUT2D eigenvalue weighted by atomic mass is 9.75. The van der Waals surface area contributed by atoms with Crippen molar-refractivity contribution in [3.05, 3.63) is 177 Å². The van der Waals surface area contributed by atoms with Crippen LogP contribution in [0.25, 0.3) is 42.1 Å². The van der Waals surface area contributed by atoms with Crippen LogP contribution >= 0.6 is 22.7 Å². The molecule has 1 unspecified atom stereocenters. The van der Waals surface area contributed by atoms with E-state index in [1.165, 1.54) is 29.9 Å². The Labute approximate surface area is 319 Å². The van der Waals surface area contributed by atoms with Gasteiger partial charge in [-0.25, -0.2) is 0 Å². The lowest BCUT2D eigenvalue weighted by Crippen LogP contribution is -2.20. The van der Waals surface area contributed by atoms with Gasteiger partial charge in [-0.1, -0.05) is 144 Å². The van der Waals surface area contributed by atoms with Gasteiger partial charge in [0, 0.05) is 35.9 Å². The number of carbonyl (C=O) groups is 2. The van der Waals surface area contributed by atoms with E-state index in [-0.39, 0.29) is 22.5 Å². The summed E-state index contributed by atoms with van der Waals surface area (Å²) in [6, 6.07) is 35.0. The summed E-state index contributed by atoms with van der Waals surface area (Å²) in [6.45, 7) is 12.9. The van der Waals surface area contributed by atoms with E-state index in [4.69, 9.17) is 0 Å². The molecule has 1 atom stereocenters. The minimum Gasteiger partial charge on any atom is -0.302 e. The van der Waals surface area contributed by atoms with Gasteiger partial charge in [0.05, 0.1) is 5.92 Å². The summed E-state index contributed by atoms with van der Waals surface area (Å²) < 4.78 is 2.47. The molecule has 0 bridgehead atoms.